The zero-order valence-corrected chi connectivity index (χ0v) is 12.4. The molecule has 0 amide bonds. The van der Waals surface area contributed by atoms with Crippen LogP contribution in [0.25, 0.3) is 0 Å². The van der Waals surface area contributed by atoms with Gasteiger partial charge in [0, 0.05) is 13.1 Å². The first-order valence-electron chi connectivity index (χ1n) is 6.59. The van der Waals surface area contributed by atoms with Crippen LogP contribution < -0.4 is 4.90 Å². The fourth-order valence-electron chi connectivity index (χ4n) is 2.29. The van der Waals surface area contributed by atoms with E-state index in [1.165, 1.54) is 0 Å². The van der Waals surface area contributed by atoms with Crippen molar-refractivity contribution in [3.8, 4) is 0 Å². The van der Waals surface area contributed by atoms with Crippen LogP contribution in [-0.2, 0) is 9.84 Å². The molecule has 0 bridgehead atoms. The van der Waals surface area contributed by atoms with E-state index in [1.807, 2.05) is 30.9 Å². The second-order valence-electron chi connectivity index (χ2n) is 5.49. The highest BCUT2D eigenvalue weighted by atomic mass is 32.2. The molecule has 5 heteroatoms. The number of aliphatic hydroxyl groups is 1. The largest absolute Gasteiger partial charge is 0.386 e. The van der Waals surface area contributed by atoms with Gasteiger partial charge in [-0.1, -0.05) is 32.9 Å². The number of nitrogens with zero attached hydrogens (tertiary/aromatic N) is 1. The molecule has 1 saturated heterocycles. The van der Waals surface area contributed by atoms with Gasteiger partial charge in [-0.25, -0.2) is 8.42 Å². The van der Waals surface area contributed by atoms with Crippen LogP contribution in [-0.4, -0.2) is 38.0 Å². The molecule has 1 aliphatic rings. The normalized spacial score (nSPS) is 18.5. The molecular weight excluding hydrogens is 262 g/mol. The van der Waals surface area contributed by atoms with Crippen molar-refractivity contribution in [3.05, 3.63) is 24.3 Å². The van der Waals surface area contributed by atoms with Gasteiger partial charge in [-0.3, -0.25) is 0 Å². The molecule has 0 unspecified atom stereocenters. The van der Waals surface area contributed by atoms with E-state index in [4.69, 9.17) is 0 Å². The lowest BCUT2D eigenvalue weighted by Crippen LogP contribution is -2.65. The van der Waals surface area contributed by atoms with Gasteiger partial charge in [-0.2, -0.15) is 0 Å². The summed E-state index contributed by atoms with van der Waals surface area (Å²) in [6.45, 7) is 6.58. The minimum atomic E-state index is -3.23. The zero-order valence-electron chi connectivity index (χ0n) is 11.6. The number of hydrogen-bond acceptors (Lipinski definition) is 4. The molecular formula is C14H21NO3S. The van der Waals surface area contributed by atoms with E-state index in [-0.39, 0.29) is 11.7 Å². The molecule has 1 fully saturated rings. The Morgan fingerprint density at radius 1 is 1.32 bits per heavy atom. The first kappa shape index (κ1) is 14.3. The maximum absolute atomic E-state index is 12.1. The highest BCUT2D eigenvalue weighted by Gasteiger charge is 2.44. The Hall–Kier alpha value is -1.07. The third-order valence-electron chi connectivity index (χ3n) is 3.93. The average molecular weight is 283 g/mol. The Bertz CT molecular complexity index is 560. The number of para-hydroxylation sites is 1. The molecule has 1 heterocycles. The monoisotopic (exact) mass is 283 g/mol. The summed E-state index contributed by atoms with van der Waals surface area (Å²) in [6, 6.07) is 7.01. The quantitative estimate of drug-likeness (QED) is 0.913. The predicted octanol–water partition coefficient (Wildman–Crippen LogP) is 1.69. The lowest BCUT2D eigenvalue weighted by Gasteiger charge is -2.50. The first-order valence-corrected chi connectivity index (χ1v) is 8.24. The van der Waals surface area contributed by atoms with Crippen LogP contribution in [0.5, 0.6) is 0 Å². The molecule has 0 radical (unpaired) electrons. The van der Waals surface area contributed by atoms with Crippen LogP contribution in [0.4, 0.5) is 5.69 Å². The van der Waals surface area contributed by atoms with Gasteiger partial charge in [0.1, 0.15) is 5.60 Å². The third-order valence-corrected chi connectivity index (χ3v) is 5.70. The summed E-state index contributed by atoms with van der Waals surface area (Å²) < 4.78 is 24.1. The average Bonchev–Trinajstić information content (AvgIpc) is 2.34. The second kappa shape index (κ2) is 4.80. The van der Waals surface area contributed by atoms with Crippen LogP contribution >= 0.6 is 0 Å². The van der Waals surface area contributed by atoms with Crippen molar-refractivity contribution in [1.29, 1.82) is 0 Å². The first-order chi connectivity index (χ1) is 8.80. The molecule has 1 N–H and O–H groups in total. The van der Waals surface area contributed by atoms with Crippen molar-refractivity contribution in [3.63, 3.8) is 0 Å². The molecule has 106 valence electrons. The van der Waals surface area contributed by atoms with Gasteiger partial charge >= 0.3 is 0 Å². The van der Waals surface area contributed by atoms with Gasteiger partial charge in [-0.15, -0.1) is 0 Å². The van der Waals surface area contributed by atoms with E-state index in [9.17, 15) is 13.5 Å². The number of sulfone groups is 1. The zero-order chi connectivity index (χ0) is 14.3. The van der Waals surface area contributed by atoms with E-state index in [0.717, 1.165) is 0 Å². The predicted molar refractivity (Wildman–Crippen MR) is 76.2 cm³/mol. The lowest BCUT2D eigenvalue weighted by atomic mass is 9.82. The van der Waals surface area contributed by atoms with Crippen LogP contribution in [0.3, 0.4) is 0 Å². The molecule has 0 spiro atoms. The molecule has 0 aromatic heterocycles. The highest BCUT2D eigenvalue weighted by Crippen LogP contribution is 2.36. The number of benzene rings is 1. The molecule has 0 saturated carbocycles. The fourth-order valence-corrected chi connectivity index (χ4v) is 3.40. The number of anilines is 1. The van der Waals surface area contributed by atoms with Crippen molar-refractivity contribution < 1.29 is 13.5 Å². The Morgan fingerprint density at radius 2 is 1.89 bits per heavy atom. The van der Waals surface area contributed by atoms with Crippen LogP contribution in [0.2, 0.25) is 0 Å². The second-order valence-corrected chi connectivity index (χ2v) is 7.73. The highest BCUT2D eigenvalue weighted by molar-refractivity contribution is 7.91. The Kier molecular flexibility index (Phi) is 3.62. The SMILES string of the molecule is CCS(=O)(=O)c1ccccc1N1CC(O)(C(C)C)C1. The number of hydrogen-bond donors (Lipinski definition) is 1. The minimum Gasteiger partial charge on any atom is -0.386 e. The van der Waals surface area contributed by atoms with Gasteiger partial charge in [0.15, 0.2) is 9.84 Å². The van der Waals surface area contributed by atoms with Crippen LogP contribution in [0, 0.1) is 5.92 Å². The van der Waals surface area contributed by atoms with E-state index < -0.39 is 15.4 Å². The molecule has 0 atom stereocenters. The van der Waals surface area contributed by atoms with Gasteiger partial charge in [0.05, 0.1) is 16.3 Å². The maximum Gasteiger partial charge on any atom is 0.180 e. The molecule has 4 nitrogen and oxygen atoms in total. The van der Waals surface area contributed by atoms with E-state index in [0.29, 0.717) is 23.7 Å². The summed E-state index contributed by atoms with van der Waals surface area (Å²) in [5, 5.41) is 10.3. The van der Waals surface area contributed by atoms with Gasteiger partial charge < -0.3 is 10.0 Å². The fraction of sp³-hybridized carbons (Fsp3) is 0.571. The molecule has 1 aromatic carbocycles. The molecule has 1 aromatic rings. The topological polar surface area (TPSA) is 57.6 Å². The van der Waals surface area contributed by atoms with Gasteiger partial charge in [-0.05, 0) is 18.1 Å². The van der Waals surface area contributed by atoms with E-state index in [2.05, 4.69) is 0 Å². The molecule has 1 aliphatic heterocycles. The van der Waals surface area contributed by atoms with Crippen molar-refractivity contribution >= 4 is 15.5 Å². The summed E-state index contributed by atoms with van der Waals surface area (Å²) in [5.41, 5.74) is -0.00187. The minimum absolute atomic E-state index is 0.0896. The Labute approximate surface area is 115 Å². The summed E-state index contributed by atoms with van der Waals surface area (Å²) in [6.07, 6.45) is 0. The molecule has 0 aliphatic carbocycles. The van der Waals surface area contributed by atoms with Crippen molar-refractivity contribution in [2.75, 3.05) is 23.7 Å². The third kappa shape index (κ3) is 2.49. The number of β-amino-alcohol motifs (C(OH)–C–C–N with tert-alkyl or cyclic N) is 1. The smallest absolute Gasteiger partial charge is 0.180 e. The van der Waals surface area contributed by atoms with Gasteiger partial charge in [0.25, 0.3) is 0 Å². The summed E-state index contributed by atoms with van der Waals surface area (Å²) in [4.78, 5) is 2.30. The summed E-state index contributed by atoms with van der Waals surface area (Å²) in [5.74, 6) is 0.255. The van der Waals surface area contributed by atoms with Crippen molar-refractivity contribution in [2.45, 2.75) is 31.3 Å². The molecule has 2 rings (SSSR count). The molecule has 19 heavy (non-hydrogen) atoms. The van der Waals surface area contributed by atoms with Crippen LogP contribution in [0.1, 0.15) is 20.8 Å². The van der Waals surface area contributed by atoms with E-state index >= 15 is 0 Å². The summed E-state index contributed by atoms with van der Waals surface area (Å²) in [7, 11) is -3.23. The Morgan fingerprint density at radius 3 is 2.42 bits per heavy atom. The van der Waals surface area contributed by atoms with Crippen LogP contribution in [0.15, 0.2) is 29.2 Å². The van der Waals surface area contributed by atoms with E-state index in [1.54, 1.807) is 19.1 Å². The van der Waals surface area contributed by atoms with Gasteiger partial charge in [0.2, 0.25) is 0 Å². The van der Waals surface area contributed by atoms with Crippen molar-refractivity contribution in [1.82, 2.24) is 0 Å². The standard InChI is InChI=1S/C14H21NO3S/c1-4-19(17,18)13-8-6-5-7-12(13)15-9-14(16,10-15)11(2)3/h5-8,11,16H,4,9-10H2,1-3H3. The lowest BCUT2D eigenvalue weighted by molar-refractivity contribution is -0.0303. The number of rotatable bonds is 4. The maximum atomic E-state index is 12.1. The van der Waals surface area contributed by atoms with Crippen molar-refractivity contribution in [2.24, 2.45) is 5.92 Å². The Balaban J connectivity index is 2.30. The summed E-state index contributed by atoms with van der Waals surface area (Å²) >= 11 is 0.